The van der Waals surface area contributed by atoms with Crippen LogP contribution in [0.4, 0.5) is 5.82 Å². The minimum Gasteiger partial charge on any atom is -0.365 e. The Bertz CT molecular complexity index is 355. The van der Waals surface area contributed by atoms with Crippen molar-refractivity contribution in [2.24, 2.45) is 5.92 Å². The quantitative estimate of drug-likeness (QED) is 0.791. The molecule has 0 spiro atoms. The van der Waals surface area contributed by atoms with Crippen molar-refractivity contribution in [3.63, 3.8) is 0 Å². The van der Waals surface area contributed by atoms with Gasteiger partial charge in [0.25, 0.3) is 5.56 Å². The zero-order valence-electron chi connectivity index (χ0n) is 8.83. The van der Waals surface area contributed by atoms with Crippen LogP contribution >= 0.6 is 0 Å². The zero-order valence-corrected chi connectivity index (χ0v) is 8.83. The Morgan fingerprint density at radius 1 is 1.47 bits per heavy atom. The number of aromatic amines is 1. The first-order valence-corrected chi connectivity index (χ1v) is 5.64. The number of hydrogen-bond acceptors (Lipinski definition) is 3. The van der Waals surface area contributed by atoms with Crippen molar-refractivity contribution in [1.82, 2.24) is 9.97 Å². The molecule has 1 aromatic heterocycles. The summed E-state index contributed by atoms with van der Waals surface area (Å²) < 4.78 is 0. The van der Waals surface area contributed by atoms with Gasteiger partial charge >= 0.3 is 0 Å². The second kappa shape index (κ2) is 4.96. The Labute approximate surface area is 89.1 Å². The summed E-state index contributed by atoms with van der Waals surface area (Å²) in [7, 11) is 0. The highest BCUT2D eigenvalue weighted by Gasteiger charge is 2.14. The van der Waals surface area contributed by atoms with Gasteiger partial charge in [0.15, 0.2) is 5.82 Å². The number of hydrogen-bond donors (Lipinski definition) is 2. The van der Waals surface area contributed by atoms with Gasteiger partial charge in [0, 0.05) is 18.9 Å². The fourth-order valence-corrected chi connectivity index (χ4v) is 2.17. The summed E-state index contributed by atoms with van der Waals surface area (Å²) >= 11 is 0. The summed E-state index contributed by atoms with van der Waals surface area (Å²) in [6.07, 6.45) is 9.73. The molecule has 1 fully saturated rings. The molecule has 1 aliphatic rings. The van der Waals surface area contributed by atoms with Crippen LogP contribution in [0.3, 0.4) is 0 Å². The molecule has 82 valence electrons. The summed E-state index contributed by atoms with van der Waals surface area (Å²) in [5, 5.41) is 3.08. The number of aromatic nitrogens is 2. The Balaban J connectivity index is 1.78. The van der Waals surface area contributed by atoms with Crippen molar-refractivity contribution in [3.8, 4) is 0 Å². The fourth-order valence-electron chi connectivity index (χ4n) is 2.17. The van der Waals surface area contributed by atoms with Crippen LogP contribution in [0.25, 0.3) is 0 Å². The Hall–Kier alpha value is -1.32. The maximum absolute atomic E-state index is 11.3. The maximum atomic E-state index is 11.3. The molecule has 1 aliphatic carbocycles. The molecule has 4 nitrogen and oxygen atoms in total. The fraction of sp³-hybridized carbons (Fsp3) is 0.636. The second-order valence-corrected chi connectivity index (χ2v) is 4.13. The van der Waals surface area contributed by atoms with Crippen LogP contribution in [0.15, 0.2) is 17.2 Å². The molecule has 15 heavy (non-hydrogen) atoms. The van der Waals surface area contributed by atoms with Crippen LogP contribution in [-0.2, 0) is 0 Å². The van der Waals surface area contributed by atoms with Gasteiger partial charge in [0.2, 0.25) is 0 Å². The van der Waals surface area contributed by atoms with Crippen LogP contribution in [-0.4, -0.2) is 16.5 Å². The van der Waals surface area contributed by atoms with E-state index in [1.54, 1.807) is 12.4 Å². The van der Waals surface area contributed by atoms with Gasteiger partial charge in [-0.15, -0.1) is 0 Å². The highest BCUT2D eigenvalue weighted by atomic mass is 16.1. The van der Waals surface area contributed by atoms with Gasteiger partial charge in [-0.3, -0.25) is 4.79 Å². The molecule has 0 amide bonds. The lowest BCUT2D eigenvalue weighted by atomic mass is 10.0. The summed E-state index contributed by atoms with van der Waals surface area (Å²) in [4.78, 5) is 17.9. The van der Waals surface area contributed by atoms with Gasteiger partial charge in [-0.2, -0.15) is 0 Å². The van der Waals surface area contributed by atoms with E-state index in [-0.39, 0.29) is 5.56 Å². The normalized spacial score (nSPS) is 16.8. The number of rotatable bonds is 4. The molecule has 0 aliphatic heterocycles. The van der Waals surface area contributed by atoms with Gasteiger partial charge in [-0.25, -0.2) is 4.98 Å². The number of nitrogens with zero attached hydrogens (tertiary/aromatic N) is 1. The SMILES string of the molecule is O=c1[nH]ccnc1NCCC1CCCC1. The first-order valence-electron chi connectivity index (χ1n) is 5.64. The molecule has 2 N–H and O–H groups in total. The lowest BCUT2D eigenvalue weighted by Gasteiger charge is -2.09. The predicted octanol–water partition coefficient (Wildman–Crippen LogP) is 1.76. The summed E-state index contributed by atoms with van der Waals surface area (Å²) in [6, 6.07) is 0. The van der Waals surface area contributed by atoms with Crippen molar-refractivity contribution >= 4 is 5.82 Å². The van der Waals surface area contributed by atoms with Crippen molar-refractivity contribution < 1.29 is 0 Å². The monoisotopic (exact) mass is 207 g/mol. The van der Waals surface area contributed by atoms with Crippen LogP contribution < -0.4 is 10.9 Å². The molecule has 4 heteroatoms. The molecule has 2 rings (SSSR count). The molecule has 1 aromatic rings. The molecule has 0 bridgehead atoms. The maximum Gasteiger partial charge on any atom is 0.290 e. The van der Waals surface area contributed by atoms with Crippen LogP contribution in [0, 0.1) is 5.92 Å². The third-order valence-corrected chi connectivity index (χ3v) is 3.03. The molecule has 0 radical (unpaired) electrons. The standard InChI is InChI=1S/C11H17N3O/c15-11-10(13-7-8-14-11)12-6-5-9-3-1-2-4-9/h7-9H,1-6H2,(H,12,13)(H,14,15). The molecule has 1 saturated carbocycles. The molecule has 0 saturated heterocycles. The summed E-state index contributed by atoms with van der Waals surface area (Å²) in [5.41, 5.74) is -0.135. The third-order valence-electron chi connectivity index (χ3n) is 3.03. The Morgan fingerprint density at radius 3 is 3.00 bits per heavy atom. The lowest BCUT2D eigenvalue weighted by Crippen LogP contribution is -2.17. The van der Waals surface area contributed by atoms with Gasteiger partial charge in [0.05, 0.1) is 0 Å². The molecule has 0 aromatic carbocycles. The van der Waals surface area contributed by atoms with E-state index >= 15 is 0 Å². The second-order valence-electron chi connectivity index (χ2n) is 4.13. The summed E-state index contributed by atoms with van der Waals surface area (Å²) in [5.74, 6) is 1.29. The number of nitrogens with one attached hydrogen (secondary N) is 2. The highest BCUT2D eigenvalue weighted by Crippen LogP contribution is 2.27. The first-order chi connectivity index (χ1) is 7.36. The van der Waals surface area contributed by atoms with E-state index in [9.17, 15) is 4.79 Å². The van der Waals surface area contributed by atoms with E-state index < -0.39 is 0 Å². The molecular formula is C11H17N3O. The minimum atomic E-state index is -0.135. The third kappa shape index (κ3) is 2.81. The van der Waals surface area contributed by atoms with E-state index in [0.29, 0.717) is 5.82 Å². The zero-order chi connectivity index (χ0) is 10.5. The Kier molecular flexibility index (Phi) is 3.37. The highest BCUT2D eigenvalue weighted by molar-refractivity contribution is 5.29. The van der Waals surface area contributed by atoms with Gasteiger partial charge in [-0.1, -0.05) is 25.7 Å². The van der Waals surface area contributed by atoms with Crippen LogP contribution in [0.1, 0.15) is 32.1 Å². The number of H-pyrrole nitrogens is 1. The molecule has 0 atom stereocenters. The smallest absolute Gasteiger partial charge is 0.290 e. The average Bonchev–Trinajstić information content (AvgIpc) is 2.74. The van der Waals surface area contributed by atoms with Crippen molar-refractivity contribution in [3.05, 3.63) is 22.7 Å². The molecule has 1 heterocycles. The largest absolute Gasteiger partial charge is 0.365 e. The predicted molar refractivity (Wildman–Crippen MR) is 59.9 cm³/mol. The topological polar surface area (TPSA) is 57.8 Å². The van der Waals surface area contributed by atoms with Crippen molar-refractivity contribution in [2.45, 2.75) is 32.1 Å². The van der Waals surface area contributed by atoms with E-state index in [1.807, 2.05) is 0 Å². The molecular weight excluding hydrogens is 190 g/mol. The summed E-state index contributed by atoms with van der Waals surface area (Å²) in [6.45, 7) is 0.852. The lowest BCUT2D eigenvalue weighted by molar-refractivity contribution is 0.518. The van der Waals surface area contributed by atoms with E-state index in [4.69, 9.17) is 0 Å². The number of anilines is 1. The van der Waals surface area contributed by atoms with Crippen LogP contribution in [0.2, 0.25) is 0 Å². The van der Waals surface area contributed by atoms with E-state index in [2.05, 4.69) is 15.3 Å². The van der Waals surface area contributed by atoms with Gasteiger partial charge in [-0.05, 0) is 12.3 Å². The molecule has 0 unspecified atom stereocenters. The minimum absolute atomic E-state index is 0.135. The van der Waals surface area contributed by atoms with Crippen LogP contribution in [0.5, 0.6) is 0 Å². The van der Waals surface area contributed by atoms with Gasteiger partial charge in [0.1, 0.15) is 0 Å². The Morgan fingerprint density at radius 2 is 2.27 bits per heavy atom. The van der Waals surface area contributed by atoms with Crippen molar-refractivity contribution in [2.75, 3.05) is 11.9 Å². The van der Waals surface area contributed by atoms with E-state index in [0.717, 1.165) is 18.9 Å². The van der Waals surface area contributed by atoms with E-state index in [1.165, 1.54) is 25.7 Å². The average molecular weight is 207 g/mol. The first kappa shape index (κ1) is 10.2. The van der Waals surface area contributed by atoms with Crippen molar-refractivity contribution in [1.29, 1.82) is 0 Å². The van der Waals surface area contributed by atoms with Gasteiger partial charge < -0.3 is 10.3 Å².